The Bertz CT molecular complexity index is 1490. The lowest BCUT2D eigenvalue weighted by Crippen LogP contribution is -2.07. The lowest BCUT2D eigenvalue weighted by molar-refractivity contribution is -0.393. The molecule has 0 unspecified atom stereocenters. The Hall–Kier alpha value is -5.13. The number of carbonyl (C=O) groups excluding carboxylic acids is 1. The molecule has 0 saturated heterocycles. The number of non-ortho nitro benzene ring substituents is 2. The van der Waals surface area contributed by atoms with E-state index in [0.717, 1.165) is 31.0 Å². The zero-order valence-electron chi connectivity index (χ0n) is 19.3. The molecule has 0 amide bonds. The van der Waals surface area contributed by atoms with Crippen LogP contribution in [0.4, 0.5) is 22.7 Å². The highest BCUT2D eigenvalue weighted by Gasteiger charge is 2.38. The lowest BCUT2D eigenvalue weighted by atomic mass is 9.96. The maximum atomic E-state index is 12.6. The van der Waals surface area contributed by atoms with Gasteiger partial charge in [-0.05, 0) is 34.9 Å². The highest BCUT2D eigenvalue weighted by atomic mass is 16.6. The number of methoxy groups -OCH3 is 1. The van der Waals surface area contributed by atoms with E-state index in [4.69, 9.17) is 4.74 Å². The van der Waals surface area contributed by atoms with Crippen molar-refractivity contribution in [2.75, 3.05) is 26.1 Å². The molecule has 0 radical (unpaired) electrons. The summed E-state index contributed by atoms with van der Waals surface area (Å²) in [4.78, 5) is 47.5. The van der Waals surface area contributed by atoms with Gasteiger partial charge in [0, 0.05) is 49.1 Å². The Morgan fingerprint density at radius 2 is 1.39 bits per heavy atom. The van der Waals surface area contributed by atoms with Crippen LogP contribution in [0.1, 0.15) is 27.0 Å². The highest BCUT2D eigenvalue weighted by Crippen LogP contribution is 2.53. The molecule has 3 aromatic carbocycles. The maximum Gasteiger partial charge on any atom is 0.338 e. The first-order valence-electron chi connectivity index (χ1n) is 10.4. The number of fused-ring (bicyclic) bond motifs is 3. The zero-order valence-corrected chi connectivity index (χ0v) is 19.3. The van der Waals surface area contributed by atoms with Crippen molar-refractivity contribution in [1.82, 2.24) is 0 Å². The summed E-state index contributed by atoms with van der Waals surface area (Å²) in [5, 5.41) is 35.2. The van der Waals surface area contributed by atoms with Crippen LogP contribution in [-0.2, 0) is 4.74 Å². The van der Waals surface area contributed by atoms with E-state index in [1.165, 1.54) is 6.07 Å². The minimum atomic E-state index is -0.940. The fourth-order valence-corrected chi connectivity index (χ4v) is 4.16. The molecular weight excluding hydrogens is 472 g/mol. The number of anilines is 1. The number of nitro benzene ring substituents is 3. The molecule has 1 aliphatic carbocycles. The van der Waals surface area contributed by atoms with Crippen LogP contribution in [0.5, 0.6) is 0 Å². The van der Waals surface area contributed by atoms with Gasteiger partial charge in [-0.3, -0.25) is 30.3 Å². The van der Waals surface area contributed by atoms with Gasteiger partial charge in [0.25, 0.3) is 17.1 Å². The molecule has 0 bridgehead atoms. The molecular formula is C24H18N4O8. The average molecular weight is 490 g/mol. The smallest absolute Gasteiger partial charge is 0.338 e. The maximum absolute atomic E-state index is 12.6. The monoisotopic (exact) mass is 490 g/mol. The van der Waals surface area contributed by atoms with Crippen LogP contribution in [0.25, 0.3) is 22.8 Å². The lowest BCUT2D eigenvalue weighted by Gasteiger charge is -2.12. The first kappa shape index (κ1) is 24.0. The van der Waals surface area contributed by atoms with Gasteiger partial charge in [0.15, 0.2) is 0 Å². The number of nitro groups is 3. The van der Waals surface area contributed by atoms with Crippen molar-refractivity contribution < 1.29 is 24.3 Å². The van der Waals surface area contributed by atoms with Crippen LogP contribution in [0, 0.1) is 30.3 Å². The van der Waals surface area contributed by atoms with Gasteiger partial charge in [-0.15, -0.1) is 0 Å². The second-order valence-corrected chi connectivity index (χ2v) is 8.11. The summed E-state index contributed by atoms with van der Waals surface area (Å²) in [6, 6.07) is 11.3. The second kappa shape index (κ2) is 8.91. The van der Waals surface area contributed by atoms with E-state index in [0.29, 0.717) is 5.56 Å². The largest absolute Gasteiger partial charge is 0.465 e. The molecule has 1 aliphatic rings. The molecule has 0 fully saturated rings. The topological polar surface area (TPSA) is 159 Å². The molecule has 0 spiro atoms. The molecule has 36 heavy (non-hydrogen) atoms. The summed E-state index contributed by atoms with van der Waals surface area (Å²) in [6.45, 7) is 0. The second-order valence-electron chi connectivity index (χ2n) is 8.11. The van der Waals surface area contributed by atoms with E-state index < -0.39 is 37.8 Å². The quantitative estimate of drug-likeness (QED) is 0.209. The summed E-state index contributed by atoms with van der Waals surface area (Å²) in [6.07, 6.45) is 1.61. The predicted molar refractivity (Wildman–Crippen MR) is 131 cm³/mol. The van der Waals surface area contributed by atoms with E-state index in [1.54, 1.807) is 18.2 Å². The van der Waals surface area contributed by atoms with Crippen molar-refractivity contribution in [3.05, 3.63) is 101 Å². The minimum absolute atomic E-state index is 0.0419. The Kier molecular flexibility index (Phi) is 5.94. The van der Waals surface area contributed by atoms with Crippen molar-refractivity contribution in [3.8, 4) is 11.1 Å². The summed E-state index contributed by atoms with van der Waals surface area (Å²) >= 11 is 0. The van der Waals surface area contributed by atoms with Gasteiger partial charge in [-0.1, -0.05) is 12.1 Å². The van der Waals surface area contributed by atoms with Crippen LogP contribution < -0.4 is 4.90 Å². The molecule has 0 heterocycles. The van der Waals surface area contributed by atoms with E-state index in [1.807, 2.05) is 31.1 Å². The molecule has 0 aromatic heterocycles. The van der Waals surface area contributed by atoms with Gasteiger partial charge in [-0.25, -0.2) is 4.79 Å². The summed E-state index contributed by atoms with van der Waals surface area (Å²) in [7, 11) is 4.81. The molecule has 3 aromatic rings. The van der Waals surface area contributed by atoms with E-state index in [9.17, 15) is 35.1 Å². The fraction of sp³-hybridized carbons (Fsp3) is 0.125. The summed E-state index contributed by atoms with van der Waals surface area (Å²) in [5.74, 6) is -0.940. The van der Waals surface area contributed by atoms with Crippen LogP contribution >= 0.6 is 0 Å². The number of nitrogens with zero attached hydrogens (tertiary/aromatic N) is 4. The van der Waals surface area contributed by atoms with Crippen LogP contribution in [0.3, 0.4) is 0 Å². The third-order valence-corrected chi connectivity index (χ3v) is 5.80. The van der Waals surface area contributed by atoms with Crippen LogP contribution in [-0.4, -0.2) is 41.9 Å². The van der Waals surface area contributed by atoms with Gasteiger partial charge in [-0.2, -0.15) is 0 Å². The normalized spacial score (nSPS) is 12.6. The number of carbonyl (C=O) groups is 1. The van der Waals surface area contributed by atoms with E-state index >= 15 is 0 Å². The third kappa shape index (κ3) is 4.00. The van der Waals surface area contributed by atoms with Gasteiger partial charge >= 0.3 is 5.97 Å². The van der Waals surface area contributed by atoms with Crippen LogP contribution in [0.15, 0.2) is 48.5 Å². The third-order valence-electron chi connectivity index (χ3n) is 5.80. The van der Waals surface area contributed by atoms with Gasteiger partial charge in [0.1, 0.15) is 0 Å². The molecule has 0 N–H and O–H groups in total. The first-order chi connectivity index (χ1) is 17.0. The predicted octanol–water partition coefficient (Wildman–Crippen LogP) is 4.83. The zero-order chi connectivity index (χ0) is 26.3. The Labute approximate surface area is 203 Å². The molecule has 12 heteroatoms. The Morgan fingerprint density at radius 1 is 0.833 bits per heavy atom. The minimum Gasteiger partial charge on any atom is -0.465 e. The molecule has 182 valence electrons. The van der Waals surface area contributed by atoms with Crippen molar-refractivity contribution in [1.29, 1.82) is 0 Å². The molecule has 4 rings (SSSR count). The number of hydrogen-bond acceptors (Lipinski definition) is 9. The SMILES string of the molecule is COC(=O)c1cc([N+](=O)[O-])cc2c1-c1c(cc([N+](=O)[O-])cc1[N+](=O)[O-])/C2=C/c1ccc(N(C)C)cc1. The highest BCUT2D eigenvalue weighted by molar-refractivity contribution is 6.15. The van der Waals surface area contributed by atoms with Crippen molar-refractivity contribution in [2.24, 2.45) is 0 Å². The summed E-state index contributed by atoms with van der Waals surface area (Å²) in [5.41, 5.74) is 0.217. The molecule has 0 atom stereocenters. The molecule has 12 nitrogen and oxygen atoms in total. The first-order valence-corrected chi connectivity index (χ1v) is 10.4. The Morgan fingerprint density at radius 3 is 1.89 bits per heavy atom. The molecule has 0 aliphatic heterocycles. The van der Waals surface area contributed by atoms with Crippen molar-refractivity contribution in [2.45, 2.75) is 0 Å². The number of benzene rings is 3. The van der Waals surface area contributed by atoms with Crippen molar-refractivity contribution >= 4 is 40.4 Å². The van der Waals surface area contributed by atoms with Crippen molar-refractivity contribution in [3.63, 3.8) is 0 Å². The van der Waals surface area contributed by atoms with Gasteiger partial charge in [0.05, 0.1) is 39.1 Å². The average Bonchev–Trinajstić information content (AvgIpc) is 3.15. The van der Waals surface area contributed by atoms with E-state index in [-0.39, 0.29) is 33.4 Å². The standard InChI is InChI=1S/C24H18N4O8/c1-25(2)14-6-4-13(5-7-14)8-17-18-9-15(26(30)31)11-20(24(29)36-3)22(18)23-19(17)10-16(27(32)33)12-21(23)28(34)35/h4-12H,1-3H3/b17-8+. The summed E-state index contributed by atoms with van der Waals surface area (Å²) < 4.78 is 4.80. The fourth-order valence-electron chi connectivity index (χ4n) is 4.16. The number of rotatable bonds is 6. The van der Waals surface area contributed by atoms with Gasteiger partial charge < -0.3 is 9.64 Å². The van der Waals surface area contributed by atoms with Crippen LogP contribution in [0.2, 0.25) is 0 Å². The molecule has 0 saturated carbocycles. The Balaban J connectivity index is 2.13. The van der Waals surface area contributed by atoms with Gasteiger partial charge in [0.2, 0.25) is 0 Å². The number of esters is 1. The number of ether oxygens (including phenoxy) is 1. The van der Waals surface area contributed by atoms with E-state index in [2.05, 4.69) is 0 Å². The number of hydrogen-bond donors (Lipinski definition) is 0.